The average molecular weight is 439 g/mol. The SMILES string of the molecule is Cc1cc(C)nc(-n2nc(-c3ccccc3)c3c2NC(=O)CC3c2ccc(C(=O)O)cc2)n1. The second kappa shape index (κ2) is 7.98. The lowest BCUT2D eigenvalue weighted by molar-refractivity contribution is -0.116. The van der Waals surface area contributed by atoms with Gasteiger partial charge in [-0.3, -0.25) is 4.79 Å². The molecule has 0 saturated carbocycles. The smallest absolute Gasteiger partial charge is 0.335 e. The van der Waals surface area contributed by atoms with Gasteiger partial charge in [0.05, 0.1) is 11.3 Å². The molecule has 1 amide bonds. The predicted octanol–water partition coefficient (Wildman–Crippen LogP) is 4.12. The normalized spacial score (nSPS) is 15.1. The molecule has 1 unspecified atom stereocenters. The number of carboxylic acids is 1. The highest BCUT2D eigenvalue weighted by Gasteiger charge is 2.35. The van der Waals surface area contributed by atoms with Gasteiger partial charge in [-0.25, -0.2) is 14.8 Å². The van der Waals surface area contributed by atoms with E-state index < -0.39 is 5.97 Å². The molecule has 0 bridgehead atoms. The highest BCUT2D eigenvalue weighted by atomic mass is 16.4. The number of hydrogen-bond acceptors (Lipinski definition) is 5. The maximum atomic E-state index is 12.8. The summed E-state index contributed by atoms with van der Waals surface area (Å²) in [6.07, 6.45) is 0.221. The zero-order valence-electron chi connectivity index (χ0n) is 18.1. The number of benzene rings is 2. The van der Waals surface area contributed by atoms with E-state index >= 15 is 0 Å². The number of aryl methyl sites for hydroxylation is 2. The molecule has 8 nitrogen and oxygen atoms in total. The van der Waals surface area contributed by atoms with Gasteiger partial charge in [0.25, 0.3) is 5.95 Å². The van der Waals surface area contributed by atoms with Gasteiger partial charge in [-0.1, -0.05) is 42.5 Å². The van der Waals surface area contributed by atoms with E-state index in [1.54, 1.807) is 28.9 Å². The number of amides is 1. The second-order valence-corrected chi connectivity index (χ2v) is 8.07. The highest BCUT2D eigenvalue weighted by Crippen LogP contribution is 2.43. The first-order chi connectivity index (χ1) is 15.9. The fraction of sp³-hybridized carbons (Fsp3) is 0.160. The molecule has 0 spiro atoms. The van der Waals surface area contributed by atoms with Crippen molar-refractivity contribution in [2.75, 3.05) is 5.32 Å². The van der Waals surface area contributed by atoms with Gasteiger partial charge >= 0.3 is 5.97 Å². The maximum absolute atomic E-state index is 12.8. The standard InChI is InChI=1S/C25H21N5O3/c1-14-12-15(2)27-25(26-14)30-23-21(22(29-30)17-6-4-3-5-7-17)19(13-20(31)28-23)16-8-10-18(11-9-16)24(32)33/h3-12,19H,13H2,1-2H3,(H,28,31)(H,32,33). The molecule has 33 heavy (non-hydrogen) atoms. The molecule has 1 aliphatic heterocycles. The molecule has 1 aliphatic rings. The van der Waals surface area contributed by atoms with E-state index in [1.807, 2.05) is 50.2 Å². The van der Waals surface area contributed by atoms with Gasteiger partial charge in [0.15, 0.2) is 0 Å². The maximum Gasteiger partial charge on any atom is 0.335 e. The third-order valence-electron chi connectivity index (χ3n) is 5.68. The molecule has 5 rings (SSSR count). The monoisotopic (exact) mass is 439 g/mol. The number of carbonyl (C=O) groups excluding carboxylic acids is 1. The number of aromatic nitrogens is 4. The first-order valence-corrected chi connectivity index (χ1v) is 10.5. The van der Waals surface area contributed by atoms with E-state index in [9.17, 15) is 14.7 Å². The van der Waals surface area contributed by atoms with Crippen LogP contribution in [0.15, 0.2) is 60.7 Å². The Morgan fingerprint density at radius 2 is 1.70 bits per heavy atom. The molecule has 1 atom stereocenters. The molecule has 4 aromatic rings. The predicted molar refractivity (Wildman–Crippen MR) is 123 cm³/mol. The molecule has 2 N–H and O–H groups in total. The van der Waals surface area contributed by atoms with Crippen LogP contribution in [-0.4, -0.2) is 36.7 Å². The quantitative estimate of drug-likeness (QED) is 0.495. The lowest BCUT2D eigenvalue weighted by Gasteiger charge is -2.24. The van der Waals surface area contributed by atoms with E-state index in [4.69, 9.17) is 5.10 Å². The summed E-state index contributed by atoms with van der Waals surface area (Å²) in [6, 6.07) is 18.3. The summed E-state index contributed by atoms with van der Waals surface area (Å²) in [5.41, 5.74) is 5.11. The molecule has 3 heterocycles. The molecule has 164 valence electrons. The van der Waals surface area contributed by atoms with Crippen molar-refractivity contribution in [3.8, 4) is 17.2 Å². The Kier molecular flexibility index (Phi) is 4.97. The molecule has 8 heteroatoms. The van der Waals surface area contributed by atoms with Crippen LogP contribution in [0.1, 0.15) is 45.2 Å². The van der Waals surface area contributed by atoms with E-state index in [2.05, 4.69) is 15.3 Å². The highest BCUT2D eigenvalue weighted by molar-refractivity contribution is 5.96. The Morgan fingerprint density at radius 1 is 1.03 bits per heavy atom. The zero-order valence-corrected chi connectivity index (χ0v) is 18.1. The van der Waals surface area contributed by atoms with Crippen molar-refractivity contribution >= 4 is 17.7 Å². The molecular weight excluding hydrogens is 418 g/mol. The lowest BCUT2D eigenvalue weighted by Crippen LogP contribution is -2.25. The van der Waals surface area contributed by atoms with Crippen molar-refractivity contribution < 1.29 is 14.7 Å². The van der Waals surface area contributed by atoms with Gasteiger partial charge in [-0.05, 0) is 37.6 Å². The summed E-state index contributed by atoms with van der Waals surface area (Å²) >= 11 is 0. The van der Waals surface area contributed by atoms with Crippen molar-refractivity contribution in [3.05, 3.63) is 88.7 Å². The largest absolute Gasteiger partial charge is 0.478 e. The van der Waals surface area contributed by atoms with Crippen LogP contribution in [0.4, 0.5) is 5.82 Å². The first kappa shape index (κ1) is 20.6. The number of hydrogen-bond donors (Lipinski definition) is 2. The minimum Gasteiger partial charge on any atom is -0.478 e. The third-order valence-corrected chi connectivity index (χ3v) is 5.68. The number of fused-ring (bicyclic) bond motifs is 1. The Bertz CT molecular complexity index is 1360. The number of carbonyl (C=O) groups is 2. The van der Waals surface area contributed by atoms with Gasteiger partial charge in [0, 0.05) is 34.9 Å². The van der Waals surface area contributed by atoms with Crippen LogP contribution in [0.2, 0.25) is 0 Å². The molecule has 0 aliphatic carbocycles. The van der Waals surface area contributed by atoms with Crippen LogP contribution in [0.25, 0.3) is 17.2 Å². The van der Waals surface area contributed by atoms with Gasteiger partial charge in [0.2, 0.25) is 5.91 Å². The Morgan fingerprint density at radius 3 is 2.33 bits per heavy atom. The molecule has 2 aromatic heterocycles. The van der Waals surface area contributed by atoms with Gasteiger partial charge in [-0.2, -0.15) is 9.78 Å². The average Bonchev–Trinajstić information content (AvgIpc) is 3.18. The Labute approximate surface area is 190 Å². The van der Waals surface area contributed by atoms with Crippen LogP contribution in [0.5, 0.6) is 0 Å². The second-order valence-electron chi connectivity index (χ2n) is 8.07. The number of carboxylic acid groups (broad SMARTS) is 1. The number of nitrogens with zero attached hydrogens (tertiary/aromatic N) is 4. The first-order valence-electron chi connectivity index (χ1n) is 10.5. The van der Waals surface area contributed by atoms with Crippen molar-refractivity contribution in [1.82, 2.24) is 19.7 Å². The Balaban J connectivity index is 1.75. The summed E-state index contributed by atoms with van der Waals surface area (Å²) in [5.74, 6) is -0.532. The molecular formula is C25H21N5O3. The summed E-state index contributed by atoms with van der Waals surface area (Å²) in [4.78, 5) is 33.2. The van der Waals surface area contributed by atoms with Gasteiger partial charge in [0.1, 0.15) is 5.82 Å². The van der Waals surface area contributed by atoms with E-state index in [0.29, 0.717) is 11.8 Å². The molecule has 0 radical (unpaired) electrons. The number of aromatic carboxylic acids is 1. The summed E-state index contributed by atoms with van der Waals surface area (Å²) in [7, 11) is 0. The fourth-order valence-electron chi connectivity index (χ4n) is 4.25. The van der Waals surface area contributed by atoms with Crippen LogP contribution in [-0.2, 0) is 4.79 Å². The van der Waals surface area contributed by atoms with E-state index in [0.717, 1.165) is 33.8 Å². The number of nitrogens with one attached hydrogen (secondary N) is 1. The minimum absolute atomic E-state index is 0.153. The zero-order chi connectivity index (χ0) is 23.1. The van der Waals surface area contributed by atoms with Crippen LogP contribution in [0, 0.1) is 13.8 Å². The fourth-order valence-corrected chi connectivity index (χ4v) is 4.25. The molecule has 0 fully saturated rings. The van der Waals surface area contributed by atoms with Crippen LogP contribution < -0.4 is 5.32 Å². The van der Waals surface area contributed by atoms with Crippen molar-refractivity contribution in [1.29, 1.82) is 0 Å². The molecule has 0 saturated heterocycles. The van der Waals surface area contributed by atoms with Gasteiger partial charge < -0.3 is 10.4 Å². The van der Waals surface area contributed by atoms with Crippen molar-refractivity contribution in [2.24, 2.45) is 0 Å². The lowest BCUT2D eigenvalue weighted by atomic mass is 9.84. The van der Waals surface area contributed by atoms with Gasteiger partial charge in [-0.15, -0.1) is 0 Å². The van der Waals surface area contributed by atoms with E-state index in [-0.39, 0.29) is 23.8 Å². The minimum atomic E-state index is -0.992. The van der Waals surface area contributed by atoms with Crippen molar-refractivity contribution in [3.63, 3.8) is 0 Å². The summed E-state index contributed by atoms with van der Waals surface area (Å²) in [5, 5.41) is 17.1. The summed E-state index contributed by atoms with van der Waals surface area (Å²) in [6.45, 7) is 3.77. The van der Waals surface area contributed by atoms with Crippen LogP contribution >= 0.6 is 0 Å². The number of anilines is 1. The molecule has 2 aromatic carbocycles. The number of rotatable bonds is 4. The Hall–Kier alpha value is -4.33. The van der Waals surface area contributed by atoms with Crippen molar-refractivity contribution in [2.45, 2.75) is 26.2 Å². The van der Waals surface area contributed by atoms with E-state index in [1.165, 1.54) is 0 Å². The topological polar surface area (TPSA) is 110 Å². The third kappa shape index (κ3) is 3.76. The van der Waals surface area contributed by atoms with Crippen LogP contribution in [0.3, 0.4) is 0 Å². The summed E-state index contributed by atoms with van der Waals surface area (Å²) < 4.78 is 1.59.